The van der Waals surface area contributed by atoms with Gasteiger partial charge in [-0.1, -0.05) is 11.6 Å². The number of hydrogen-bond acceptors (Lipinski definition) is 5. The third-order valence-corrected chi connectivity index (χ3v) is 2.33. The topological polar surface area (TPSA) is 84.9 Å². The summed E-state index contributed by atoms with van der Waals surface area (Å²) in [4.78, 5) is 23.1. The molecule has 1 amide bonds. The van der Waals surface area contributed by atoms with Crippen LogP contribution >= 0.6 is 11.6 Å². The van der Waals surface area contributed by atoms with Crippen molar-refractivity contribution < 1.29 is 24.2 Å². The molecule has 1 rings (SSSR count). The molecule has 0 aromatic heterocycles. The number of anilines is 1. The fourth-order valence-electron chi connectivity index (χ4n) is 1.37. The second-order valence-electron chi connectivity index (χ2n) is 4.97. The third-order valence-electron chi connectivity index (χ3n) is 2.12. The van der Waals surface area contributed by atoms with Crippen molar-refractivity contribution in [2.75, 3.05) is 12.4 Å². The second-order valence-corrected chi connectivity index (χ2v) is 5.40. The van der Waals surface area contributed by atoms with Gasteiger partial charge in [-0.3, -0.25) is 5.32 Å². The Morgan fingerprint density at radius 2 is 1.90 bits per heavy atom. The Hall–Kier alpha value is -1.95. The number of amides is 1. The molecule has 2 N–H and O–H groups in total. The molecule has 6 nitrogen and oxygen atoms in total. The molecule has 0 saturated carbocycles. The maximum Gasteiger partial charge on any atom is 0.412 e. The number of ether oxygens (including phenoxy) is 2. The lowest BCUT2D eigenvalue weighted by atomic mass is 10.1. The van der Waals surface area contributed by atoms with Crippen LogP contribution in [0.4, 0.5) is 10.5 Å². The first-order valence-corrected chi connectivity index (χ1v) is 6.12. The highest BCUT2D eigenvalue weighted by molar-refractivity contribution is 6.31. The Morgan fingerprint density at radius 3 is 2.40 bits per heavy atom. The van der Waals surface area contributed by atoms with Crippen molar-refractivity contribution in [3.8, 4) is 5.75 Å². The predicted octanol–water partition coefficient (Wildman–Crippen LogP) is 3.18. The third kappa shape index (κ3) is 4.31. The van der Waals surface area contributed by atoms with Gasteiger partial charge in [-0.2, -0.15) is 0 Å². The summed E-state index contributed by atoms with van der Waals surface area (Å²) in [5.41, 5.74) is -0.873. The van der Waals surface area contributed by atoms with E-state index in [9.17, 15) is 14.7 Å². The quantitative estimate of drug-likeness (QED) is 0.647. The van der Waals surface area contributed by atoms with Crippen molar-refractivity contribution in [2.24, 2.45) is 0 Å². The Morgan fingerprint density at radius 1 is 1.30 bits per heavy atom. The van der Waals surface area contributed by atoms with Gasteiger partial charge in [-0.25, -0.2) is 9.59 Å². The van der Waals surface area contributed by atoms with E-state index in [1.54, 1.807) is 20.8 Å². The van der Waals surface area contributed by atoms with Gasteiger partial charge in [-0.05, 0) is 32.9 Å². The maximum absolute atomic E-state index is 11.6. The minimum atomic E-state index is -0.772. The zero-order valence-electron chi connectivity index (χ0n) is 11.6. The van der Waals surface area contributed by atoms with Gasteiger partial charge in [0.15, 0.2) is 5.75 Å². The number of methoxy groups -OCH3 is 1. The average Bonchev–Trinajstić information content (AvgIpc) is 2.29. The van der Waals surface area contributed by atoms with Gasteiger partial charge in [0.05, 0.1) is 12.8 Å². The molecule has 0 aliphatic carbocycles. The fourth-order valence-corrected chi connectivity index (χ4v) is 1.59. The number of phenols is 1. The lowest BCUT2D eigenvalue weighted by Gasteiger charge is -2.20. The number of benzene rings is 1. The molecule has 20 heavy (non-hydrogen) atoms. The lowest BCUT2D eigenvalue weighted by Crippen LogP contribution is -2.27. The van der Waals surface area contributed by atoms with Crippen molar-refractivity contribution in [1.82, 2.24) is 0 Å². The monoisotopic (exact) mass is 301 g/mol. The van der Waals surface area contributed by atoms with Crippen LogP contribution in [0.15, 0.2) is 12.1 Å². The number of carbonyl (C=O) groups excluding carboxylic acids is 2. The molecular weight excluding hydrogens is 286 g/mol. The number of phenolic OH excluding ortho intramolecular Hbond substituents is 1. The molecule has 0 unspecified atom stereocenters. The van der Waals surface area contributed by atoms with E-state index >= 15 is 0 Å². The molecule has 0 radical (unpaired) electrons. The van der Waals surface area contributed by atoms with Crippen LogP contribution in [-0.2, 0) is 9.47 Å². The summed E-state index contributed by atoms with van der Waals surface area (Å²) in [5.74, 6) is -1.20. The molecule has 0 heterocycles. The van der Waals surface area contributed by atoms with E-state index in [0.29, 0.717) is 0 Å². The molecular formula is C13H16ClNO5. The van der Waals surface area contributed by atoms with Crippen molar-refractivity contribution in [3.05, 3.63) is 22.7 Å². The highest BCUT2D eigenvalue weighted by Gasteiger charge is 2.21. The summed E-state index contributed by atoms with van der Waals surface area (Å²) < 4.78 is 9.55. The van der Waals surface area contributed by atoms with Gasteiger partial charge < -0.3 is 14.6 Å². The minimum absolute atomic E-state index is 0.0350. The SMILES string of the molecule is COC(=O)c1cc(Cl)cc(NC(=O)OC(C)(C)C)c1O. The van der Waals surface area contributed by atoms with E-state index in [1.807, 2.05) is 0 Å². The molecule has 0 spiro atoms. The van der Waals surface area contributed by atoms with Gasteiger partial charge in [0.2, 0.25) is 0 Å². The highest BCUT2D eigenvalue weighted by atomic mass is 35.5. The molecule has 1 aromatic rings. The van der Waals surface area contributed by atoms with Crippen LogP contribution < -0.4 is 5.32 Å². The van der Waals surface area contributed by atoms with Crippen LogP contribution in [-0.4, -0.2) is 29.9 Å². The summed E-state index contributed by atoms with van der Waals surface area (Å²) in [5, 5.41) is 12.4. The standard InChI is InChI=1S/C13H16ClNO5/c1-13(2,3)20-12(18)15-9-6-7(14)5-8(10(9)16)11(17)19-4/h5-6,16H,1-4H3,(H,15,18). The van der Waals surface area contributed by atoms with Crippen LogP contribution in [0, 0.1) is 0 Å². The number of carbonyl (C=O) groups is 2. The molecule has 0 atom stereocenters. The number of esters is 1. The summed E-state index contributed by atoms with van der Waals surface area (Å²) in [6.45, 7) is 5.10. The van der Waals surface area contributed by atoms with Crippen molar-refractivity contribution in [1.29, 1.82) is 0 Å². The van der Waals surface area contributed by atoms with Crippen LogP contribution in [0.1, 0.15) is 31.1 Å². The Kier molecular flexibility index (Phi) is 4.83. The van der Waals surface area contributed by atoms with E-state index in [-0.39, 0.29) is 16.3 Å². The molecule has 0 fully saturated rings. The predicted molar refractivity (Wildman–Crippen MR) is 74.3 cm³/mol. The van der Waals surface area contributed by atoms with Crippen molar-refractivity contribution in [2.45, 2.75) is 26.4 Å². The first-order chi connectivity index (χ1) is 9.14. The zero-order valence-corrected chi connectivity index (χ0v) is 12.4. The Bertz CT molecular complexity index is 536. The molecule has 0 bridgehead atoms. The van der Waals surface area contributed by atoms with E-state index in [0.717, 1.165) is 0 Å². The molecule has 110 valence electrons. The Balaban J connectivity index is 3.04. The van der Waals surface area contributed by atoms with Crippen LogP contribution in [0.2, 0.25) is 5.02 Å². The summed E-state index contributed by atoms with van der Waals surface area (Å²) in [6, 6.07) is 2.54. The Labute approximate surface area is 121 Å². The fraction of sp³-hybridized carbons (Fsp3) is 0.385. The first-order valence-electron chi connectivity index (χ1n) is 5.75. The van der Waals surface area contributed by atoms with Crippen LogP contribution in [0.3, 0.4) is 0 Å². The maximum atomic E-state index is 11.6. The van der Waals surface area contributed by atoms with Gasteiger partial charge in [0.25, 0.3) is 0 Å². The largest absolute Gasteiger partial charge is 0.505 e. The highest BCUT2D eigenvalue weighted by Crippen LogP contribution is 2.32. The molecule has 7 heteroatoms. The lowest BCUT2D eigenvalue weighted by molar-refractivity contribution is 0.0592. The van der Waals surface area contributed by atoms with Crippen LogP contribution in [0.25, 0.3) is 0 Å². The molecule has 0 aliphatic heterocycles. The van der Waals surface area contributed by atoms with Crippen LogP contribution in [0.5, 0.6) is 5.75 Å². The number of rotatable bonds is 2. The first kappa shape index (κ1) is 16.1. The van der Waals surface area contributed by atoms with Crippen molar-refractivity contribution in [3.63, 3.8) is 0 Å². The summed E-state index contributed by atoms with van der Waals surface area (Å²) in [7, 11) is 1.17. The zero-order chi connectivity index (χ0) is 15.5. The molecule has 0 aliphatic rings. The van der Waals surface area contributed by atoms with Gasteiger partial charge in [0, 0.05) is 5.02 Å². The van der Waals surface area contributed by atoms with E-state index in [1.165, 1.54) is 19.2 Å². The minimum Gasteiger partial charge on any atom is -0.505 e. The van der Waals surface area contributed by atoms with E-state index < -0.39 is 23.4 Å². The second kappa shape index (κ2) is 6.00. The number of nitrogens with one attached hydrogen (secondary N) is 1. The van der Waals surface area contributed by atoms with Gasteiger partial charge in [0.1, 0.15) is 11.2 Å². The average molecular weight is 302 g/mol. The number of halogens is 1. The summed E-state index contributed by atoms with van der Waals surface area (Å²) in [6.07, 6.45) is -0.772. The normalized spacial score (nSPS) is 10.8. The van der Waals surface area contributed by atoms with Gasteiger partial charge >= 0.3 is 12.1 Å². The van der Waals surface area contributed by atoms with E-state index in [2.05, 4.69) is 10.1 Å². The summed E-state index contributed by atoms with van der Waals surface area (Å²) >= 11 is 5.83. The molecule has 1 aromatic carbocycles. The smallest absolute Gasteiger partial charge is 0.412 e. The number of hydrogen-bond donors (Lipinski definition) is 2. The number of aromatic hydroxyl groups is 1. The van der Waals surface area contributed by atoms with Gasteiger partial charge in [-0.15, -0.1) is 0 Å². The van der Waals surface area contributed by atoms with Crippen molar-refractivity contribution >= 4 is 29.4 Å². The van der Waals surface area contributed by atoms with E-state index in [4.69, 9.17) is 16.3 Å². The molecule has 0 saturated heterocycles.